The number of carbonyl (C=O) groups is 1. The van der Waals surface area contributed by atoms with E-state index in [0.717, 1.165) is 64.0 Å². The summed E-state index contributed by atoms with van der Waals surface area (Å²) in [6.45, 7) is 3.55. The molecule has 1 saturated heterocycles. The Kier molecular flexibility index (Phi) is 8.27. The molecule has 1 fully saturated rings. The lowest BCUT2D eigenvalue weighted by Crippen LogP contribution is -2.39. The standard InChI is InChI=1S/C21H32BF2NO2/c1-2-3-9-21(22,20(26)27)10-6-8-19-7-4-5-11-25(19)15-16-12-17(23)14-18(24)13-16/h12-14,19H,2-11,15,22H2,1H3,(H,26,27). The highest BCUT2D eigenvalue weighted by atomic mass is 19.1. The van der Waals surface area contributed by atoms with Gasteiger partial charge in [0.05, 0.1) is 0 Å². The minimum absolute atomic E-state index is 0.356. The molecule has 1 aliphatic heterocycles. The molecular weight excluding hydrogens is 347 g/mol. The number of likely N-dealkylation sites (tertiary alicyclic amines) is 1. The monoisotopic (exact) mass is 379 g/mol. The number of hydrogen-bond donors (Lipinski definition) is 1. The van der Waals surface area contributed by atoms with Crippen LogP contribution in [0.5, 0.6) is 0 Å². The van der Waals surface area contributed by atoms with Gasteiger partial charge in [-0.25, -0.2) is 8.78 Å². The second-order valence-corrected chi connectivity index (χ2v) is 8.26. The van der Waals surface area contributed by atoms with Crippen LogP contribution in [0.25, 0.3) is 0 Å². The Bertz CT molecular complexity index is 608. The van der Waals surface area contributed by atoms with Crippen molar-refractivity contribution >= 4 is 13.8 Å². The van der Waals surface area contributed by atoms with E-state index in [4.69, 9.17) is 0 Å². The van der Waals surface area contributed by atoms with E-state index < -0.39 is 22.9 Å². The van der Waals surface area contributed by atoms with Gasteiger partial charge < -0.3 is 5.11 Å². The number of hydrogen-bond acceptors (Lipinski definition) is 2. The van der Waals surface area contributed by atoms with Gasteiger partial charge >= 0.3 is 5.97 Å². The molecule has 27 heavy (non-hydrogen) atoms. The van der Waals surface area contributed by atoms with Crippen LogP contribution < -0.4 is 0 Å². The molecule has 0 radical (unpaired) electrons. The van der Waals surface area contributed by atoms with Crippen molar-refractivity contribution in [3.05, 3.63) is 35.4 Å². The molecule has 3 nitrogen and oxygen atoms in total. The van der Waals surface area contributed by atoms with Crippen LogP contribution in [-0.4, -0.2) is 36.4 Å². The molecule has 1 aliphatic rings. The minimum Gasteiger partial charge on any atom is -0.481 e. The van der Waals surface area contributed by atoms with Gasteiger partial charge in [0.15, 0.2) is 0 Å². The van der Waals surface area contributed by atoms with E-state index in [0.29, 0.717) is 24.6 Å². The lowest BCUT2D eigenvalue weighted by Gasteiger charge is -2.36. The number of nitrogens with zero attached hydrogens (tertiary/aromatic N) is 1. The van der Waals surface area contributed by atoms with E-state index in [1.807, 2.05) is 7.85 Å². The Balaban J connectivity index is 1.93. The van der Waals surface area contributed by atoms with Crippen LogP contribution in [0, 0.1) is 11.6 Å². The molecule has 0 bridgehead atoms. The summed E-state index contributed by atoms with van der Waals surface area (Å²) in [5, 5.41) is 8.96. The van der Waals surface area contributed by atoms with E-state index in [2.05, 4.69) is 11.8 Å². The molecule has 1 heterocycles. The number of carboxylic acids is 1. The molecule has 6 heteroatoms. The highest BCUT2D eigenvalue weighted by Gasteiger charge is 2.32. The maximum absolute atomic E-state index is 13.5. The van der Waals surface area contributed by atoms with Gasteiger partial charge in [0.25, 0.3) is 0 Å². The van der Waals surface area contributed by atoms with E-state index in [-0.39, 0.29) is 0 Å². The first-order valence-corrected chi connectivity index (χ1v) is 10.3. The number of rotatable bonds is 10. The molecule has 1 aromatic carbocycles. The maximum Gasteiger partial charge on any atom is 0.301 e. The third-order valence-electron chi connectivity index (χ3n) is 5.92. The number of piperidine rings is 1. The molecule has 1 N–H and O–H groups in total. The van der Waals surface area contributed by atoms with Crippen molar-refractivity contribution in [2.45, 2.75) is 82.6 Å². The normalized spacial score (nSPS) is 20.3. The van der Waals surface area contributed by atoms with Gasteiger partial charge in [-0.1, -0.05) is 32.6 Å². The molecule has 0 aliphatic carbocycles. The second kappa shape index (κ2) is 10.2. The smallest absolute Gasteiger partial charge is 0.301 e. The number of unbranched alkanes of at least 4 members (excludes halogenated alkanes) is 1. The van der Waals surface area contributed by atoms with Crippen molar-refractivity contribution in [3.8, 4) is 0 Å². The zero-order chi connectivity index (χ0) is 19.9. The zero-order valence-corrected chi connectivity index (χ0v) is 16.6. The average molecular weight is 379 g/mol. The highest BCUT2D eigenvalue weighted by Crippen LogP contribution is 2.36. The SMILES string of the molecule is BC(CCCC)(CCCC1CCCCN1Cc1cc(F)cc(F)c1)C(=O)O. The molecule has 2 rings (SSSR count). The fourth-order valence-corrected chi connectivity index (χ4v) is 4.17. The van der Waals surface area contributed by atoms with Crippen molar-refractivity contribution in [2.24, 2.45) is 0 Å². The van der Waals surface area contributed by atoms with Crippen LogP contribution in [0.15, 0.2) is 18.2 Å². The van der Waals surface area contributed by atoms with E-state index in [9.17, 15) is 18.7 Å². The van der Waals surface area contributed by atoms with Gasteiger partial charge in [-0.15, -0.1) is 0 Å². The van der Waals surface area contributed by atoms with Crippen LogP contribution >= 0.6 is 0 Å². The summed E-state index contributed by atoms with van der Waals surface area (Å²) >= 11 is 0. The van der Waals surface area contributed by atoms with Crippen molar-refractivity contribution in [1.29, 1.82) is 0 Å². The van der Waals surface area contributed by atoms with Gasteiger partial charge in [-0.2, -0.15) is 0 Å². The van der Waals surface area contributed by atoms with Crippen LogP contribution in [0.3, 0.4) is 0 Å². The predicted molar refractivity (Wildman–Crippen MR) is 107 cm³/mol. The van der Waals surface area contributed by atoms with Crippen LogP contribution in [-0.2, 0) is 11.3 Å². The van der Waals surface area contributed by atoms with E-state index >= 15 is 0 Å². The van der Waals surface area contributed by atoms with Crippen LogP contribution in [0.4, 0.5) is 8.78 Å². The average Bonchev–Trinajstić information content (AvgIpc) is 2.60. The zero-order valence-electron chi connectivity index (χ0n) is 16.6. The summed E-state index contributed by atoms with van der Waals surface area (Å²) in [6.07, 6.45) is 8.46. The van der Waals surface area contributed by atoms with Crippen LogP contribution in [0.1, 0.15) is 70.3 Å². The van der Waals surface area contributed by atoms with Crippen molar-refractivity contribution < 1.29 is 18.7 Å². The van der Waals surface area contributed by atoms with Crippen molar-refractivity contribution in [1.82, 2.24) is 4.90 Å². The van der Waals surface area contributed by atoms with Gasteiger partial charge in [0.2, 0.25) is 0 Å². The molecular formula is C21H32BF2NO2. The summed E-state index contributed by atoms with van der Waals surface area (Å²) < 4.78 is 27.0. The largest absolute Gasteiger partial charge is 0.481 e. The molecule has 0 spiro atoms. The van der Waals surface area contributed by atoms with E-state index in [1.54, 1.807) is 0 Å². The Morgan fingerprint density at radius 1 is 1.22 bits per heavy atom. The summed E-state index contributed by atoms with van der Waals surface area (Å²) in [6, 6.07) is 4.07. The molecule has 0 aromatic heterocycles. The number of halogens is 2. The number of aliphatic carboxylic acids is 1. The Morgan fingerprint density at radius 2 is 1.89 bits per heavy atom. The molecule has 2 unspecified atom stereocenters. The second-order valence-electron chi connectivity index (χ2n) is 8.26. The summed E-state index contributed by atoms with van der Waals surface area (Å²) in [7, 11) is 1.86. The first-order chi connectivity index (χ1) is 12.8. The number of benzene rings is 1. The Labute approximate surface area is 162 Å². The molecule has 2 atom stereocenters. The highest BCUT2D eigenvalue weighted by molar-refractivity contribution is 6.26. The molecule has 0 amide bonds. The third kappa shape index (κ3) is 6.60. The maximum atomic E-state index is 13.5. The Hall–Kier alpha value is -1.43. The van der Waals surface area contributed by atoms with Gasteiger partial charge in [0.1, 0.15) is 19.5 Å². The lowest BCUT2D eigenvalue weighted by atomic mass is 9.62. The van der Waals surface area contributed by atoms with Crippen LogP contribution in [0.2, 0.25) is 5.31 Å². The Morgan fingerprint density at radius 3 is 2.52 bits per heavy atom. The quantitative estimate of drug-likeness (QED) is 0.606. The molecule has 0 saturated carbocycles. The predicted octanol–water partition coefficient (Wildman–Crippen LogP) is 4.56. The van der Waals surface area contributed by atoms with Gasteiger partial charge in [-0.3, -0.25) is 9.69 Å². The first-order valence-electron chi connectivity index (χ1n) is 10.3. The minimum atomic E-state index is -0.702. The van der Waals surface area contributed by atoms with Gasteiger partial charge in [-0.05, 0) is 56.3 Å². The molecule has 1 aromatic rings. The van der Waals surface area contributed by atoms with Crippen molar-refractivity contribution in [2.75, 3.05) is 6.54 Å². The topological polar surface area (TPSA) is 40.5 Å². The summed E-state index contributed by atoms with van der Waals surface area (Å²) in [4.78, 5) is 14.0. The first kappa shape index (κ1) is 21.9. The fourth-order valence-electron chi connectivity index (χ4n) is 4.17. The lowest BCUT2D eigenvalue weighted by molar-refractivity contribution is -0.141. The third-order valence-corrected chi connectivity index (χ3v) is 5.92. The van der Waals surface area contributed by atoms with Gasteiger partial charge in [0, 0.05) is 24.0 Å². The van der Waals surface area contributed by atoms with E-state index in [1.165, 1.54) is 12.1 Å². The summed E-state index contributed by atoms with van der Waals surface area (Å²) in [5.74, 6) is -1.77. The fraction of sp³-hybridized carbons (Fsp3) is 0.667. The number of carboxylic acid groups (broad SMARTS) is 1. The summed E-state index contributed by atoms with van der Waals surface area (Å²) in [5.41, 5.74) is 0.665. The molecule has 150 valence electrons. The van der Waals surface area contributed by atoms with Crippen molar-refractivity contribution in [3.63, 3.8) is 0 Å².